The monoisotopic (exact) mass is 417 g/mol. The first kappa shape index (κ1) is 20.9. The zero-order valence-corrected chi connectivity index (χ0v) is 17.3. The quantitative estimate of drug-likeness (QED) is 0.392. The van der Waals surface area contributed by atoms with Crippen molar-refractivity contribution in [2.75, 3.05) is 13.1 Å². The van der Waals surface area contributed by atoms with Crippen LogP contribution in [0.5, 0.6) is 0 Å². The number of benzene rings is 2. The summed E-state index contributed by atoms with van der Waals surface area (Å²) >= 11 is 0. The standard InChI is InChI=1S/C20H23N3O5S/c1-4-21(5-2)20(24)19-18(15-8-10-16(11-9-15)23(25)26)22(19)29(27,28)17-12-6-14(3)7-13-17/h6-13,18-19H,4-5H2,1-3H3/t18-,19-,22?/m1/s1. The number of carbonyl (C=O) groups excluding carboxylic acids is 1. The van der Waals surface area contributed by atoms with E-state index < -0.39 is 27.0 Å². The Labute approximate surface area is 169 Å². The summed E-state index contributed by atoms with van der Waals surface area (Å²) in [6, 6.07) is 10.6. The van der Waals surface area contributed by atoms with E-state index in [1.54, 1.807) is 17.0 Å². The van der Waals surface area contributed by atoms with Crippen molar-refractivity contribution < 1.29 is 18.1 Å². The van der Waals surface area contributed by atoms with Gasteiger partial charge in [-0.05, 0) is 38.5 Å². The SMILES string of the molecule is CCN(CC)C(=O)[C@H]1[C@@H](c2ccc([N+](=O)[O-])cc2)N1S(=O)(=O)c1ccc(C)cc1. The van der Waals surface area contributed by atoms with Crippen molar-refractivity contribution in [3.63, 3.8) is 0 Å². The summed E-state index contributed by atoms with van der Waals surface area (Å²) in [5, 5.41) is 10.9. The molecule has 1 unspecified atom stereocenters. The zero-order valence-electron chi connectivity index (χ0n) is 16.5. The van der Waals surface area contributed by atoms with Gasteiger partial charge in [0.25, 0.3) is 5.69 Å². The number of hydrogen-bond acceptors (Lipinski definition) is 5. The predicted octanol–water partition coefficient (Wildman–Crippen LogP) is 2.89. The minimum absolute atomic E-state index is 0.0889. The maximum Gasteiger partial charge on any atom is 0.269 e. The topological polar surface area (TPSA) is 101 Å². The third-order valence-electron chi connectivity index (χ3n) is 5.13. The molecular weight excluding hydrogens is 394 g/mol. The summed E-state index contributed by atoms with van der Waals surface area (Å²) in [6.45, 7) is 6.47. The lowest BCUT2D eigenvalue weighted by atomic mass is 10.1. The number of amides is 1. The molecule has 1 heterocycles. The van der Waals surface area contributed by atoms with Crippen LogP contribution in [0.1, 0.15) is 31.0 Å². The van der Waals surface area contributed by atoms with Crippen molar-refractivity contribution in [1.82, 2.24) is 9.21 Å². The summed E-state index contributed by atoms with van der Waals surface area (Å²) < 4.78 is 27.6. The van der Waals surface area contributed by atoms with Gasteiger partial charge in [0.2, 0.25) is 15.9 Å². The van der Waals surface area contributed by atoms with Gasteiger partial charge in [-0.3, -0.25) is 14.9 Å². The van der Waals surface area contributed by atoms with Gasteiger partial charge in [0.15, 0.2) is 0 Å². The number of nitro groups is 1. The van der Waals surface area contributed by atoms with E-state index in [0.717, 1.165) is 5.56 Å². The van der Waals surface area contributed by atoms with Gasteiger partial charge < -0.3 is 4.90 Å². The first-order chi connectivity index (χ1) is 13.7. The van der Waals surface area contributed by atoms with Crippen LogP contribution in [-0.2, 0) is 14.8 Å². The Morgan fingerprint density at radius 3 is 2.10 bits per heavy atom. The van der Waals surface area contributed by atoms with E-state index in [1.807, 2.05) is 20.8 Å². The molecule has 3 rings (SSSR count). The third-order valence-corrected chi connectivity index (χ3v) is 7.00. The molecule has 8 nitrogen and oxygen atoms in total. The Kier molecular flexibility index (Phi) is 5.72. The normalized spacial score (nSPS) is 20.9. The van der Waals surface area contributed by atoms with E-state index in [9.17, 15) is 23.3 Å². The minimum Gasteiger partial charge on any atom is -0.342 e. The fraction of sp³-hybridized carbons (Fsp3) is 0.350. The molecule has 0 aromatic heterocycles. The molecule has 0 saturated carbocycles. The minimum atomic E-state index is -3.90. The molecule has 0 radical (unpaired) electrons. The fourth-order valence-electron chi connectivity index (χ4n) is 3.43. The highest BCUT2D eigenvalue weighted by atomic mass is 32.2. The first-order valence-electron chi connectivity index (χ1n) is 9.35. The average molecular weight is 417 g/mol. The summed E-state index contributed by atoms with van der Waals surface area (Å²) in [5.41, 5.74) is 1.39. The van der Waals surface area contributed by atoms with E-state index in [-0.39, 0.29) is 16.5 Å². The van der Waals surface area contributed by atoms with Crippen LogP contribution in [0.4, 0.5) is 5.69 Å². The van der Waals surface area contributed by atoms with Gasteiger partial charge in [0.05, 0.1) is 15.9 Å². The summed E-state index contributed by atoms with van der Waals surface area (Å²) in [4.78, 5) is 25.1. The number of sulfonamides is 1. The second-order valence-corrected chi connectivity index (χ2v) is 8.74. The number of nitro benzene ring substituents is 1. The van der Waals surface area contributed by atoms with Crippen molar-refractivity contribution in [3.05, 3.63) is 69.8 Å². The molecule has 3 atom stereocenters. The van der Waals surface area contributed by atoms with Gasteiger partial charge in [-0.2, -0.15) is 4.31 Å². The molecule has 0 aliphatic carbocycles. The molecule has 2 aromatic rings. The van der Waals surface area contributed by atoms with Crippen LogP contribution in [-0.4, -0.2) is 47.6 Å². The van der Waals surface area contributed by atoms with Gasteiger partial charge in [-0.25, -0.2) is 8.42 Å². The molecule has 1 fully saturated rings. The van der Waals surface area contributed by atoms with Gasteiger partial charge in [0, 0.05) is 25.2 Å². The maximum absolute atomic E-state index is 13.2. The van der Waals surface area contributed by atoms with Crippen LogP contribution < -0.4 is 0 Å². The van der Waals surface area contributed by atoms with Crippen LogP contribution in [0.2, 0.25) is 0 Å². The van der Waals surface area contributed by atoms with Gasteiger partial charge in [-0.15, -0.1) is 0 Å². The smallest absolute Gasteiger partial charge is 0.269 e. The van der Waals surface area contributed by atoms with Crippen LogP contribution in [0.15, 0.2) is 53.4 Å². The van der Waals surface area contributed by atoms with Crippen LogP contribution in [0.25, 0.3) is 0 Å². The number of nitrogens with zero attached hydrogens (tertiary/aromatic N) is 3. The highest BCUT2D eigenvalue weighted by molar-refractivity contribution is 7.89. The molecule has 1 aliphatic heterocycles. The lowest BCUT2D eigenvalue weighted by Gasteiger charge is -2.18. The molecule has 0 N–H and O–H groups in total. The third kappa shape index (κ3) is 3.88. The van der Waals surface area contributed by atoms with Crippen molar-refractivity contribution in [2.24, 2.45) is 0 Å². The average Bonchev–Trinajstić information content (AvgIpc) is 3.46. The van der Waals surface area contributed by atoms with E-state index >= 15 is 0 Å². The Morgan fingerprint density at radius 1 is 1.07 bits per heavy atom. The highest BCUT2D eigenvalue weighted by Crippen LogP contribution is 2.48. The molecule has 1 saturated heterocycles. The largest absolute Gasteiger partial charge is 0.342 e. The summed E-state index contributed by atoms with van der Waals surface area (Å²) in [5.74, 6) is -0.269. The predicted molar refractivity (Wildman–Crippen MR) is 108 cm³/mol. The molecule has 1 amide bonds. The van der Waals surface area contributed by atoms with E-state index in [0.29, 0.717) is 18.7 Å². The number of hydrogen-bond donors (Lipinski definition) is 0. The molecule has 2 aromatic carbocycles. The van der Waals surface area contributed by atoms with E-state index in [2.05, 4.69) is 0 Å². The zero-order chi connectivity index (χ0) is 21.3. The molecule has 9 heteroatoms. The number of non-ortho nitro benzene ring substituents is 1. The molecule has 154 valence electrons. The Morgan fingerprint density at radius 2 is 1.62 bits per heavy atom. The summed E-state index contributed by atoms with van der Waals surface area (Å²) in [7, 11) is -3.90. The van der Waals surface area contributed by atoms with Gasteiger partial charge in [0.1, 0.15) is 6.04 Å². The molecule has 0 spiro atoms. The van der Waals surface area contributed by atoms with Crippen LogP contribution in [0.3, 0.4) is 0 Å². The maximum atomic E-state index is 13.2. The van der Waals surface area contributed by atoms with Crippen molar-refractivity contribution in [2.45, 2.75) is 37.8 Å². The number of carbonyl (C=O) groups is 1. The Hall–Kier alpha value is -2.78. The fourth-order valence-corrected chi connectivity index (χ4v) is 5.14. The lowest BCUT2D eigenvalue weighted by molar-refractivity contribution is -0.384. The second-order valence-electron chi connectivity index (χ2n) is 6.90. The number of likely N-dealkylation sites (N-methyl/N-ethyl adjacent to an activating group) is 1. The van der Waals surface area contributed by atoms with Gasteiger partial charge >= 0.3 is 0 Å². The van der Waals surface area contributed by atoms with E-state index in [1.165, 1.54) is 40.7 Å². The number of aryl methyl sites for hydroxylation is 1. The van der Waals surface area contributed by atoms with Crippen LogP contribution in [0, 0.1) is 17.0 Å². The molecule has 29 heavy (non-hydrogen) atoms. The second kappa shape index (κ2) is 7.92. The van der Waals surface area contributed by atoms with Crippen molar-refractivity contribution in [1.29, 1.82) is 0 Å². The molecule has 0 bridgehead atoms. The number of rotatable bonds is 7. The molecule has 1 aliphatic rings. The molecular formula is C20H23N3O5S. The van der Waals surface area contributed by atoms with E-state index in [4.69, 9.17) is 0 Å². The Bertz CT molecular complexity index is 1020. The first-order valence-corrected chi connectivity index (χ1v) is 10.8. The summed E-state index contributed by atoms with van der Waals surface area (Å²) in [6.07, 6.45) is 0. The van der Waals surface area contributed by atoms with Crippen LogP contribution >= 0.6 is 0 Å². The Balaban J connectivity index is 2.00. The van der Waals surface area contributed by atoms with Crippen molar-refractivity contribution >= 4 is 21.6 Å². The lowest BCUT2D eigenvalue weighted by Crippen LogP contribution is -2.36. The van der Waals surface area contributed by atoms with Gasteiger partial charge in [-0.1, -0.05) is 29.8 Å². The highest BCUT2D eigenvalue weighted by Gasteiger charge is 2.61. The van der Waals surface area contributed by atoms with Crippen molar-refractivity contribution in [3.8, 4) is 0 Å².